The van der Waals surface area contributed by atoms with E-state index in [1.165, 1.54) is 32.1 Å². The Morgan fingerprint density at radius 1 is 1.05 bits per heavy atom. The van der Waals surface area contributed by atoms with Gasteiger partial charge in [0.15, 0.2) is 0 Å². The molecule has 0 saturated heterocycles. The lowest BCUT2D eigenvalue weighted by Gasteiger charge is -2.60. The van der Waals surface area contributed by atoms with Gasteiger partial charge in [0, 0.05) is 18.7 Å². The number of nitrogens with one attached hydrogen (secondary N) is 1. The Kier molecular flexibility index (Phi) is 4.44. The number of hydrogen-bond donors (Lipinski definition) is 2. The first kappa shape index (κ1) is 16.1. The Morgan fingerprint density at radius 2 is 1.64 bits per heavy atom. The minimum Gasteiger partial charge on any atom is -0.508 e. The molecule has 3 heteroatoms. The summed E-state index contributed by atoms with van der Waals surface area (Å²) in [7, 11) is 0. The van der Waals surface area contributed by atoms with E-state index >= 15 is 0 Å². The minimum absolute atomic E-state index is 0. The molecular weight excluding hydrogens is 294 g/mol. The van der Waals surface area contributed by atoms with E-state index in [1.807, 2.05) is 18.2 Å². The lowest BCUT2D eigenvalue weighted by molar-refractivity contribution is -0.0967. The van der Waals surface area contributed by atoms with Gasteiger partial charge in [-0.25, -0.2) is 0 Å². The molecule has 4 aliphatic rings. The smallest absolute Gasteiger partial charge is 0.120 e. The second kappa shape index (κ2) is 6.05. The molecule has 0 spiro atoms. The average molecular weight is 322 g/mol. The van der Waals surface area contributed by atoms with Gasteiger partial charge in [-0.15, -0.1) is 12.4 Å². The molecule has 4 aliphatic carbocycles. The van der Waals surface area contributed by atoms with Crippen molar-refractivity contribution in [1.29, 1.82) is 0 Å². The fourth-order valence-electron chi connectivity index (χ4n) is 5.68. The van der Waals surface area contributed by atoms with Crippen LogP contribution in [-0.2, 0) is 6.54 Å². The third-order valence-electron chi connectivity index (χ3n) is 6.82. The van der Waals surface area contributed by atoms with Crippen molar-refractivity contribution in [1.82, 2.24) is 5.32 Å². The van der Waals surface area contributed by atoms with Gasteiger partial charge in [-0.2, -0.15) is 0 Å². The van der Waals surface area contributed by atoms with Crippen molar-refractivity contribution >= 4 is 12.4 Å². The van der Waals surface area contributed by atoms with E-state index in [0.717, 1.165) is 42.3 Å². The number of phenolic OH excluding ortho intramolecular Hbond substituents is 1. The molecule has 0 atom stereocenters. The van der Waals surface area contributed by atoms with Gasteiger partial charge in [-0.1, -0.05) is 25.1 Å². The fraction of sp³-hybridized carbons (Fsp3) is 0.684. The predicted molar refractivity (Wildman–Crippen MR) is 92.2 cm³/mol. The number of phenols is 1. The molecule has 0 radical (unpaired) electrons. The standard InChI is InChI=1S/C19H27NO.ClH/c1-19(12-20-11-15-4-2-3-5-18(15)21)16-7-13-6-14(9-16)10-17(19)8-13;/h2-5,13-14,16-17,20-21H,6-12H2,1H3;1H. The zero-order chi connectivity index (χ0) is 14.4. The summed E-state index contributed by atoms with van der Waals surface area (Å²) in [6, 6.07) is 7.68. The molecule has 4 fully saturated rings. The Hall–Kier alpha value is -0.730. The Labute approximate surface area is 140 Å². The number of benzene rings is 1. The molecule has 22 heavy (non-hydrogen) atoms. The van der Waals surface area contributed by atoms with E-state index in [4.69, 9.17) is 0 Å². The van der Waals surface area contributed by atoms with E-state index < -0.39 is 0 Å². The first-order valence-corrected chi connectivity index (χ1v) is 8.63. The maximum atomic E-state index is 9.87. The van der Waals surface area contributed by atoms with Gasteiger partial charge in [0.2, 0.25) is 0 Å². The lowest BCUT2D eigenvalue weighted by atomic mass is 9.46. The predicted octanol–water partition coefficient (Wildman–Crippen LogP) is 4.37. The molecule has 122 valence electrons. The zero-order valence-corrected chi connectivity index (χ0v) is 14.2. The summed E-state index contributed by atoms with van der Waals surface area (Å²) in [5.41, 5.74) is 1.50. The number of para-hydroxylation sites is 1. The molecule has 1 aromatic rings. The minimum atomic E-state index is 0. The number of aromatic hydroxyl groups is 1. The SMILES string of the molecule is CC1(CNCc2ccccc2O)C2CC3CC(C2)CC1C3.Cl. The fourth-order valence-corrected chi connectivity index (χ4v) is 5.68. The van der Waals surface area contributed by atoms with Crippen LogP contribution in [0.4, 0.5) is 0 Å². The summed E-state index contributed by atoms with van der Waals surface area (Å²) in [6.45, 7) is 4.42. The molecule has 4 saturated carbocycles. The van der Waals surface area contributed by atoms with Gasteiger partial charge in [-0.3, -0.25) is 0 Å². The Bertz CT molecular complexity index is 502. The third-order valence-corrected chi connectivity index (χ3v) is 6.82. The van der Waals surface area contributed by atoms with Crippen LogP contribution >= 0.6 is 12.4 Å². The number of halogens is 1. The van der Waals surface area contributed by atoms with Crippen LogP contribution in [-0.4, -0.2) is 11.7 Å². The second-order valence-electron chi connectivity index (χ2n) is 8.04. The van der Waals surface area contributed by atoms with Crippen LogP contribution in [0.25, 0.3) is 0 Å². The van der Waals surface area contributed by atoms with Crippen molar-refractivity contribution in [3.8, 4) is 5.75 Å². The maximum Gasteiger partial charge on any atom is 0.120 e. The monoisotopic (exact) mass is 321 g/mol. The van der Waals surface area contributed by atoms with Crippen LogP contribution in [0.3, 0.4) is 0 Å². The highest BCUT2D eigenvalue weighted by molar-refractivity contribution is 5.85. The van der Waals surface area contributed by atoms with E-state index in [0.29, 0.717) is 11.2 Å². The molecule has 0 unspecified atom stereocenters. The number of hydrogen-bond acceptors (Lipinski definition) is 2. The van der Waals surface area contributed by atoms with Crippen molar-refractivity contribution in [3.05, 3.63) is 29.8 Å². The topological polar surface area (TPSA) is 32.3 Å². The first-order valence-electron chi connectivity index (χ1n) is 8.63. The quantitative estimate of drug-likeness (QED) is 0.863. The van der Waals surface area contributed by atoms with Crippen LogP contribution in [0.2, 0.25) is 0 Å². The molecule has 4 bridgehead atoms. The van der Waals surface area contributed by atoms with Crippen molar-refractivity contribution in [2.45, 2.75) is 45.6 Å². The van der Waals surface area contributed by atoms with Gasteiger partial charge >= 0.3 is 0 Å². The first-order chi connectivity index (χ1) is 10.1. The van der Waals surface area contributed by atoms with Gasteiger partial charge in [0.25, 0.3) is 0 Å². The summed E-state index contributed by atoms with van der Waals surface area (Å²) in [5, 5.41) is 13.5. The van der Waals surface area contributed by atoms with Crippen molar-refractivity contribution in [3.63, 3.8) is 0 Å². The molecule has 0 aliphatic heterocycles. The van der Waals surface area contributed by atoms with Crippen molar-refractivity contribution in [2.24, 2.45) is 29.1 Å². The molecule has 2 nitrogen and oxygen atoms in total. The van der Waals surface area contributed by atoms with E-state index in [1.54, 1.807) is 6.07 Å². The molecule has 0 heterocycles. The van der Waals surface area contributed by atoms with Crippen LogP contribution < -0.4 is 5.32 Å². The van der Waals surface area contributed by atoms with Crippen molar-refractivity contribution in [2.75, 3.05) is 6.54 Å². The second-order valence-corrected chi connectivity index (χ2v) is 8.04. The number of rotatable bonds is 4. The Morgan fingerprint density at radius 3 is 2.23 bits per heavy atom. The molecular formula is C19H28ClNO. The zero-order valence-electron chi connectivity index (χ0n) is 13.4. The highest BCUT2D eigenvalue weighted by Gasteiger charge is 2.54. The van der Waals surface area contributed by atoms with Crippen LogP contribution in [0.15, 0.2) is 24.3 Å². The van der Waals surface area contributed by atoms with Gasteiger partial charge in [0.1, 0.15) is 5.75 Å². The Balaban J connectivity index is 0.00000144. The lowest BCUT2D eigenvalue weighted by Crippen LogP contribution is -2.55. The van der Waals surface area contributed by atoms with Crippen LogP contribution in [0.5, 0.6) is 5.75 Å². The van der Waals surface area contributed by atoms with E-state index in [2.05, 4.69) is 12.2 Å². The molecule has 5 rings (SSSR count). The summed E-state index contributed by atoms with van der Waals surface area (Å²) >= 11 is 0. The molecule has 1 aromatic carbocycles. The van der Waals surface area contributed by atoms with E-state index in [-0.39, 0.29) is 12.4 Å². The average Bonchev–Trinajstić information content (AvgIpc) is 2.46. The largest absolute Gasteiger partial charge is 0.508 e. The van der Waals surface area contributed by atoms with Crippen LogP contribution in [0, 0.1) is 29.1 Å². The third kappa shape index (κ3) is 2.65. The molecule has 0 aromatic heterocycles. The van der Waals surface area contributed by atoms with Gasteiger partial charge in [-0.05, 0) is 67.3 Å². The van der Waals surface area contributed by atoms with Gasteiger partial charge < -0.3 is 10.4 Å². The maximum absolute atomic E-state index is 9.87. The summed E-state index contributed by atoms with van der Waals surface area (Å²) < 4.78 is 0. The highest BCUT2D eigenvalue weighted by atomic mass is 35.5. The summed E-state index contributed by atoms with van der Waals surface area (Å²) in [5.74, 6) is 4.37. The van der Waals surface area contributed by atoms with Crippen LogP contribution in [0.1, 0.15) is 44.6 Å². The van der Waals surface area contributed by atoms with Gasteiger partial charge in [0.05, 0.1) is 0 Å². The molecule has 2 N–H and O–H groups in total. The highest BCUT2D eigenvalue weighted by Crippen LogP contribution is 2.61. The van der Waals surface area contributed by atoms with E-state index in [9.17, 15) is 5.11 Å². The summed E-state index contributed by atoms with van der Waals surface area (Å²) in [6.07, 6.45) is 7.42. The van der Waals surface area contributed by atoms with Crippen molar-refractivity contribution < 1.29 is 5.11 Å². The normalized spacial score (nSPS) is 38.8. The summed E-state index contributed by atoms with van der Waals surface area (Å²) in [4.78, 5) is 0. The molecule has 0 amide bonds.